The zero-order chi connectivity index (χ0) is 21.3. The van der Waals surface area contributed by atoms with E-state index in [1.165, 1.54) is 0 Å². The molecule has 4 nitrogen and oxygen atoms in total. The minimum absolute atomic E-state index is 0.00443. The third-order valence-electron chi connectivity index (χ3n) is 4.16. The highest BCUT2D eigenvalue weighted by atomic mass is 19.4. The molecule has 1 unspecified atom stereocenters. The number of hydrogen-bond acceptors (Lipinski definition) is 4. The Balaban J connectivity index is 2.48. The average molecular weight is 406 g/mol. The molecule has 1 atom stereocenters. The SMILES string of the molecule is CCCC(OC(=O)CCCC(=O)OCc1c(F)cccc1C(F)(F)F)C(C)C. The van der Waals surface area contributed by atoms with Gasteiger partial charge in [0.25, 0.3) is 0 Å². The highest BCUT2D eigenvalue weighted by molar-refractivity contribution is 5.72. The highest BCUT2D eigenvalue weighted by Crippen LogP contribution is 2.33. The van der Waals surface area contributed by atoms with E-state index in [0.717, 1.165) is 31.0 Å². The van der Waals surface area contributed by atoms with Crippen LogP contribution in [-0.4, -0.2) is 18.0 Å². The average Bonchev–Trinajstić information content (AvgIpc) is 2.59. The lowest BCUT2D eigenvalue weighted by atomic mass is 10.0. The van der Waals surface area contributed by atoms with E-state index >= 15 is 0 Å². The fraction of sp³-hybridized carbons (Fsp3) is 0.600. The summed E-state index contributed by atoms with van der Waals surface area (Å²) in [5.41, 5.74) is -1.90. The van der Waals surface area contributed by atoms with Crippen LogP contribution in [0, 0.1) is 11.7 Å². The first-order valence-corrected chi connectivity index (χ1v) is 9.25. The van der Waals surface area contributed by atoms with Gasteiger partial charge in [0, 0.05) is 18.4 Å². The quantitative estimate of drug-likeness (QED) is 0.384. The predicted octanol–water partition coefficient (Wildman–Crippen LogP) is 5.43. The van der Waals surface area contributed by atoms with E-state index < -0.39 is 41.7 Å². The van der Waals surface area contributed by atoms with Gasteiger partial charge in [-0.2, -0.15) is 13.2 Å². The lowest BCUT2D eigenvalue weighted by Gasteiger charge is -2.20. The summed E-state index contributed by atoms with van der Waals surface area (Å²) in [4.78, 5) is 23.6. The largest absolute Gasteiger partial charge is 0.462 e. The van der Waals surface area contributed by atoms with Gasteiger partial charge < -0.3 is 9.47 Å². The molecule has 0 spiro atoms. The van der Waals surface area contributed by atoms with Crippen LogP contribution < -0.4 is 0 Å². The number of ether oxygens (including phenoxy) is 2. The number of halogens is 4. The van der Waals surface area contributed by atoms with Crippen molar-refractivity contribution in [3.63, 3.8) is 0 Å². The van der Waals surface area contributed by atoms with Gasteiger partial charge in [-0.1, -0.05) is 33.3 Å². The molecule has 0 saturated heterocycles. The van der Waals surface area contributed by atoms with E-state index in [9.17, 15) is 27.2 Å². The van der Waals surface area contributed by atoms with Gasteiger partial charge in [0.1, 0.15) is 18.5 Å². The smallest absolute Gasteiger partial charge is 0.416 e. The molecule has 0 fully saturated rings. The normalized spacial score (nSPS) is 12.7. The fourth-order valence-electron chi connectivity index (χ4n) is 2.61. The lowest BCUT2D eigenvalue weighted by molar-refractivity contribution is -0.152. The van der Waals surface area contributed by atoms with Crippen molar-refractivity contribution in [3.05, 3.63) is 35.1 Å². The summed E-state index contributed by atoms with van der Waals surface area (Å²) < 4.78 is 62.5. The van der Waals surface area contributed by atoms with Crippen molar-refractivity contribution >= 4 is 11.9 Å². The Morgan fingerprint density at radius 3 is 2.32 bits per heavy atom. The summed E-state index contributed by atoms with van der Waals surface area (Å²) in [6.07, 6.45) is -3.36. The molecule has 0 aliphatic rings. The zero-order valence-electron chi connectivity index (χ0n) is 16.3. The van der Waals surface area contributed by atoms with Gasteiger partial charge in [-0.05, 0) is 30.9 Å². The second kappa shape index (κ2) is 11.0. The molecule has 28 heavy (non-hydrogen) atoms. The standard InChI is InChI=1S/C20H26F4O4/c1-4-7-17(13(2)3)28-19(26)11-6-10-18(25)27-12-14-15(20(22,23)24)8-5-9-16(14)21/h5,8-9,13,17H,4,6-7,10-12H2,1-3H3. The van der Waals surface area contributed by atoms with Crippen molar-refractivity contribution in [1.82, 2.24) is 0 Å². The predicted molar refractivity (Wildman–Crippen MR) is 94.7 cm³/mol. The van der Waals surface area contributed by atoms with E-state index in [-0.39, 0.29) is 31.3 Å². The van der Waals surface area contributed by atoms with E-state index in [1.807, 2.05) is 20.8 Å². The number of alkyl halides is 3. The molecular formula is C20H26F4O4. The molecule has 0 N–H and O–H groups in total. The number of benzene rings is 1. The Kier molecular flexibility index (Phi) is 9.41. The third-order valence-corrected chi connectivity index (χ3v) is 4.16. The number of carbonyl (C=O) groups is 2. The van der Waals surface area contributed by atoms with Crippen LogP contribution in [0.5, 0.6) is 0 Å². The van der Waals surface area contributed by atoms with Crippen LogP contribution in [0.4, 0.5) is 17.6 Å². The minimum Gasteiger partial charge on any atom is -0.462 e. The summed E-state index contributed by atoms with van der Waals surface area (Å²) in [6.45, 7) is 5.06. The number of rotatable bonds is 10. The van der Waals surface area contributed by atoms with Crippen LogP contribution in [-0.2, 0) is 31.8 Å². The van der Waals surface area contributed by atoms with Gasteiger partial charge in [-0.15, -0.1) is 0 Å². The topological polar surface area (TPSA) is 52.6 Å². The Bertz CT molecular complexity index is 656. The Hall–Kier alpha value is -2.12. The molecule has 0 saturated carbocycles. The summed E-state index contributed by atoms with van der Waals surface area (Å²) >= 11 is 0. The summed E-state index contributed by atoms with van der Waals surface area (Å²) in [5.74, 6) is -2.16. The monoisotopic (exact) mass is 406 g/mol. The van der Waals surface area contributed by atoms with Crippen LogP contribution >= 0.6 is 0 Å². The van der Waals surface area contributed by atoms with E-state index in [0.29, 0.717) is 0 Å². The molecule has 0 bridgehead atoms. The van der Waals surface area contributed by atoms with Crippen LogP contribution in [0.1, 0.15) is 64.0 Å². The molecule has 0 heterocycles. The Morgan fingerprint density at radius 2 is 1.75 bits per heavy atom. The van der Waals surface area contributed by atoms with E-state index in [4.69, 9.17) is 9.47 Å². The van der Waals surface area contributed by atoms with Crippen molar-refractivity contribution < 1.29 is 36.6 Å². The maximum atomic E-state index is 13.7. The summed E-state index contributed by atoms with van der Waals surface area (Å²) in [5, 5.41) is 0. The Labute approximate surface area is 162 Å². The van der Waals surface area contributed by atoms with Crippen molar-refractivity contribution in [3.8, 4) is 0 Å². The number of carbonyl (C=O) groups excluding carboxylic acids is 2. The minimum atomic E-state index is -4.75. The van der Waals surface area contributed by atoms with Gasteiger partial charge >= 0.3 is 18.1 Å². The first-order chi connectivity index (χ1) is 13.1. The molecule has 1 aromatic carbocycles. The molecule has 0 aromatic heterocycles. The van der Waals surface area contributed by atoms with Crippen molar-refractivity contribution in [2.45, 2.75) is 71.8 Å². The lowest BCUT2D eigenvalue weighted by Crippen LogP contribution is -2.23. The van der Waals surface area contributed by atoms with Gasteiger partial charge in [0.15, 0.2) is 0 Å². The van der Waals surface area contributed by atoms with Gasteiger partial charge in [0.2, 0.25) is 0 Å². The maximum Gasteiger partial charge on any atom is 0.416 e. The van der Waals surface area contributed by atoms with Crippen molar-refractivity contribution in [2.24, 2.45) is 5.92 Å². The van der Waals surface area contributed by atoms with Gasteiger partial charge in [-0.25, -0.2) is 4.39 Å². The van der Waals surface area contributed by atoms with E-state index in [2.05, 4.69) is 0 Å². The molecule has 0 aliphatic carbocycles. The molecule has 1 rings (SSSR count). The highest BCUT2D eigenvalue weighted by Gasteiger charge is 2.34. The Morgan fingerprint density at radius 1 is 1.11 bits per heavy atom. The molecule has 0 amide bonds. The third kappa shape index (κ3) is 7.86. The van der Waals surface area contributed by atoms with Crippen LogP contribution in [0.2, 0.25) is 0 Å². The van der Waals surface area contributed by atoms with Gasteiger partial charge in [-0.3, -0.25) is 9.59 Å². The van der Waals surface area contributed by atoms with E-state index in [1.54, 1.807) is 0 Å². The molecule has 0 radical (unpaired) electrons. The zero-order valence-corrected chi connectivity index (χ0v) is 16.3. The molecule has 1 aromatic rings. The fourth-order valence-corrected chi connectivity index (χ4v) is 2.61. The van der Waals surface area contributed by atoms with Crippen molar-refractivity contribution in [2.75, 3.05) is 0 Å². The second-order valence-corrected chi connectivity index (χ2v) is 6.84. The number of hydrogen-bond donors (Lipinski definition) is 0. The second-order valence-electron chi connectivity index (χ2n) is 6.84. The van der Waals surface area contributed by atoms with Gasteiger partial charge in [0.05, 0.1) is 5.56 Å². The molecule has 0 aliphatic heterocycles. The molecule has 8 heteroatoms. The van der Waals surface area contributed by atoms with Crippen LogP contribution in [0.15, 0.2) is 18.2 Å². The maximum absolute atomic E-state index is 13.7. The van der Waals surface area contributed by atoms with Crippen molar-refractivity contribution in [1.29, 1.82) is 0 Å². The first kappa shape index (κ1) is 23.9. The molecular weight excluding hydrogens is 380 g/mol. The van der Waals surface area contributed by atoms with Crippen LogP contribution in [0.3, 0.4) is 0 Å². The molecule has 158 valence electrons. The summed E-state index contributed by atoms with van der Waals surface area (Å²) in [6, 6.07) is 2.54. The van der Waals surface area contributed by atoms with Crippen LogP contribution in [0.25, 0.3) is 0 Å². The summed E-state index contributed by atoms with van der Waals surface area (Å²) in [7, 11) is 0. The first-order valence-electron chi connectivity index (χ1n) is 9.25. The number of esters is 2.